The van der Waals surface area contributed by atoms with Crippen molar-refractivity contribution in [3.05, 3.63) is 54.0 Å². The molecule has 1 aromatic heterocycles. The fourth-order valence-corrected chi connectivity index (χ4v) is 4.99. The molecule has 1 aliphatic rings. The number of hydrogen-bond acceptors (Lipinski definition) is 3. The van der Waals surface area contributed by atoms with Crippen molar-refractivity contribution >= 4 is 20.9 Å². The molecular formula is C19H20FN3O2S. The zero-order valence-corrected chi connectivity index (χ0v) is 15.5. The molecule has 0 amide bonds. The summed E-state index contributed by atoms with van der Waals surface area (Å²) < 4.78 is 40.3. The van der Waals surface area contributed by atoms with Gasteiger partial charge in [-0.3, -0.25) is 0 Å². The minimum absolute atomic E-state index is 0.289. The molecule has 0 saturated carbocycles. The molecule has 0 fully saturated rings. The van der Waals surface area contributed by atoms with Crippen molar-refractivity contribution in [1.29, 1.82) is 0 Å². The highest BCUT2D eigenvalue weighted by atomic mass is 32.2. The molecular weight excluding hydrogens is 353 g/mol. The number of aromatic nitrogens is 1. The second kappa shape index (κ2) is 6.19. The van der Waals surface area contributed by atoms with E-state index in [9.17, 15) is 12.8 Å². The number of H-pyrrole nitrogens is 1. The van der Waals surface area contributed by atoms with E-state index >= 15 is 0 Å². The number of nitrogens with zero attached hydrogens (tertiary/aromatic N) is 2. The second-order valence-corrected chi connectivity index (χ2v) is 8.76. The molecule has 0 bridgehead atoms. The highest BCUT2D eigenvalue weighted by Crippen LogP contribution is 2.35. The van der Waals surface area contributed by atoms with E-state index in [1.54, 1.807) is 12.1 Å². The van der Waals surface area contributed by atoms with Gasteiger partial charge in [-0.1, -0.05) is 6.07 Å². The van der Waals surface area contributed by atoms with E-state index in [-0.39, 0.29) is 5.82 Å². The van der Waals surface area contributed by atoms with E-state index in [1.807, 2.05) is 37.3 Å². The molecule has 0 aliphatic carbocycles. The maximum atomic E-state index is 13.4. The lowest BCUT2D eigenvalue weighted by atomic mass is 10.0. The van der Waals surface area contributed by atoms with Crippen LogP contribution in [0, 0.1) is 5.82 Å². The number of nitrogens with one attached hydrogen (secondary N) is 1. The van der Waals surface area contributed by atoms with Gasteiger partial charge < -0.3 is 9.88 Å². The van der Waals surface area contributed by atoms with Crippen LogP contribution in [0.2, 0.25) is 0 Å². The summed E-state index contributed by atoms with van der Waals surface area (Å²) in [5.41, 5.74) is 3.39. The lowest BCUT2D eigenvalue weighted by molar-refractivity contribution is 0.337. The van der Waals surface area contributed by atoms with Gasteiger partial charge in [-0.25, -0.2) is 12.8 Å². The molecule has 0 atom stereocenters. The van der Waals surface area contributed by atoms with Gasteiger partial charge in [0, 0.05) is 42.3 Å². The molecule has 5 nitrogen and oxygen atoms in total. The van der Waals surface area contributed by atoms with Crippen LogP contribution >= 0.6 is 0 Å². The minimum Gasteiger partial charge on any atom is -0.360 e. The number of sulfonamides is 1. The van der Waals surface area contributed by atoms with Gasteiger partial charge in [0.05, 0.1) is 4.90 Å². The third-order valence-corrected chi connectivity index (χ3v) is 6.72. The first-order valence-electron chi connectivity index (χ1n) is 8.41. The van der Waals surface area contributed by atoms with Crippen LogP contribution in [-0.2, 0) is 16.6 Å². The minimum atomic E-state index is -3.43. The van der Waals surface area contributed by atoms with Crippen LogP contribution in [0.5, 0.6) is 0 Å². The summed E-state index contributed by atoms with van der Waals surface area (Å²) >= 11 is 0. The topological polar surface area (TPSA) is 56.4 Å². The summed E-state index contributed by atoms with van der Waals surface area (Å²) in [5, 5.41) is 0.914. The smallest absolute Gasteiger partial charge is 0.243 e. The summed E-state index contributed by atoms with van der Waals surface area (Å²) in [5.74, 6) is -0.289. The fourth-order valence-electron chi connectivity index (χ4n) is 3.38. The number of benzene rings is 2. The van der Waals surface area contributed by atoms with Gasteiger partial charge in [0.25, 0.3) is 0 Å². The van der Waals surface area contributed by atoms with Crippen molar-refractivity contribution in [2.45, 2.75) is 11.4 Å². The Morgan fingerprint density at radius 2 is 2.00 bits per heavy atom. The first-order valence-corrected chi connectivity index (χ1v) is 9.85. The Balaban J connectivity index is 1.72. The molecule has 1 N–H and O–H groups in total. The molecule has 7 heteroatoms. The second-order valence-electron chi connectivity index (χ2n) is 6.86. The average Bonchev–Trinajstić information content (AvgIpc) is 3.11. The van der Waals surface area contributed by atoms with Gasteiger partial charge in [-0.2, -0.15) is 4.31 Å². The van der Waals surface area contributed by atoms with E-state index < -0.39 is 10.0 Å². The Bertz CT molecular complexity index is 1090. The molecule has 1 aliphatic heterocycles. The maximum absolute atomic E-state index is 13.4. The number of likely N-dealkylation sites (N-methyl/N-ethyl adjacent to an activating group) is 1. The lowest BCUT2D eigenvalue weighted by Gasteiger charge is -2.17. The van der Waals surface area contributed by atoms with Gasteiger partial charge in [0.2, 0.25) is 10.0 Å². The first-order chi connectivity index (χ1) is 12.4. The Labute approximate surface area is 152 Å². The predicted molar refractivity (Wildman–Crippen MR) is 99.8 cm³/mol. The molecule has 2 aromatic carbocycles. The van der Waals surface area contributed by atoms with Gasteiger partial charge in [0.1, 0.15) is 5.82 Å². The normalized spacial score (nSPS) is 16.5. The van der Waals surface area contributed by atoms with Crippen molar-refractivity contribution < 1.29 is 12.8 Å². The van der Waals surface area contributed by atoms with E-state index in [0.717, 1.165) is 27.6 Å². The highest BCUT2D eigenvalue weighted by Gasteiger charge is 2.34. The average molecular weight is 373 g/mol. The number of aromatic amines is 1. The first kappa shape index (κ1) is 17.2. The van der Waals surface area contributed by atoms with Gasteiger partial charge in [-0.05, 0) is 55.6 Å². The third-order valence-electron chi connectivity index (χ3n) is 4.78. The van der Waals surface area contributed by atoms with Crippen LogP contribution < -0.4 is 0 Å². The largest absolute Gasteiger partial charge is 0.360 e. The molecule has 26 heavy (non-hydrogen) atoms. The van der Waals surface area contributed by atoms with Crippen LogP contribution in [-0.4, -0.2) is 49.8 Å². The zero-order valence-electron chi connectivity index (χ0n) is 14.7. The molecule has 136 valence electrons. The summed E-state index contributed by atoms with van der Waals surface area (Å²) in [7, 11) is 0.422. The van der Waals surface area contributed by atoms with E-state index in [0.29, 0.717) is 24.5 Å². The predicted octanol–water partition coefficient (Wildman–Crippen LogP) is 3.04. The molecule has 0 unspecified atom stereocenters. The van der Waals surface area contributed by atoms with Crippen LogP contribution in [0.4, 0.5) is 4.39 Å². The van der Waals surface area contributed by atoms with Crippen molar-refractivity contribution in [1.82, 2.24) is 14.2 Å². The molecule has 0 radical (unpaired) electrons. The summed E-state index contributed by atoms with van der Waals surface area (Å²) in [6.45, 7) is 1.52. The Morgan fingerprint density at radius 3 is 2.77 bits per heavy atom. The zero-order chi connectivity index (χ0) is 18.5. The molecule has 2 heterocycles. The lowest BCUT2D eigenvalue weighted by Crippen LogP contribution is -2.32. The Hall–Kier alpha value is -2.22. The Morgan fingerprint density at radius 1 is 1.19 bits per heavy atom. The molecule has 3 aromatic rings. The SMILES string of the molecule is CN(C)CCN1Cc2cc(-c3c[nH]c4cc(F)ccc34)ccc2S1(=O)=O. The summed E-state index contributed by atoms with van der Waals surface area (Å²) in [6.07, 6.45) is 1.83. The molecule has 0 spiro atoms. The number of rotatable bonds is 4. The van der Waals surface area contributed by atoms with Gasteiger partial charge in [-0.15, -0.1) is 0 Å². The van der Waals surface area contributed by atoms with Crippen molar-refractivity contribution in [3.8, 4) is 11.1 Å². The fraction of sp³-hybridized carbons (Fsp3) is 0.263. The van der Waals surface area contributed by atoms with Crippen molar-refractivity contribution in [2.75, 3.05) is 27.2 Å². The van der Waals surface area contributed by atoms with Gasteiger partial charge >= 0.3 is 0 Å². The maximum Gasteiger partial charge on any atom is 0.243 e. The highest BCUT2D eigenvalue weighted by molar-refractivity contribution is 7.89. The van der Waals surface area contributed by atoms with Crippen LogP contribution in [0.1, 0.15) is 5.56 Å². The molecule has 4 rings (SSSR count). The van der Waals surface area contributed by atoms with Crippen LogP contribution in [0.3, 0.4) is 0 Å². The monoisotopic (exact) mass is 373 g/mol. The van der Waals surface area contributed by atoms with Gasteiger partial charge in [0.15, 0.2) is 0 Å². The Kier molecular flexibility index (Phi) is 4.10. The van der Waals surface area contributed by atoms with Crippen molar-refractivity contribution in [2.24, 2.45) is 0 Å². The van der Waals surface area contributed by atoms with Crippen LogP contribution in [0.15, 0.2) is 47.5 Å². The number of hydrogen-bond donors (Lipinski definition) is 1. The molecule has 0 saturated heterocycles. The van der Waals surface area contributed by atoms with Crippen LogP contribution in [0.25, 0.3) is 22.0 Å². The summed E-state index contributed by atoms with van der Waals surface area (Å²) in [6, 6.07) is 10.0. The van der Waals surface area contributed by atoms with E-state index in [4.69, 9.17) is 0 Å². The van der Waals surface area contributed by atoms with Crippen molar-refractivity contribution in [3.63, 3.8) is 0 Å². The number of halogens is 1. The quantitative estimate of drug-likeness (QED) is 0.765. The standard InChI is InChI=1S/C19H20FN3O2S/c1-22(2)7-8-23-12-14-9-13(3-6-19(14)26(23,24)25)17-11-21-18-10-15(20)4-5-16(17)18/h3-6,9-11,21H,7-8,12H2,1-2H3. The summed E-state index contributed by atoms with van der Waals surface area (Å²) in [4.78, 5) is 5.43. The van der Waals surface area contributed by atoms with E-state index in [1.165, 1.54) is 16.4 Å². The van der Waals surface area contributed by atoms with E-state index in [2.05, 4.69) is 4.98 Å². The third kappa shape index (κ3) is 2.82. The number of fused-ring (bicyclic) bond motifs is 2.